The van der Waals surface area contributed by atoms with Crippen molar-refractivity contribution in [3.05, 3.63) is 53.9 Å². The van der Waals surface area contributed by atoms with Crippen LogP contribution in [0.25, 0.3) is 0 Å². The Balaban J connectivity index is 1.87. The van der Waals surface area contributed by atoms with Crippen molar-refractivity contribution in [2.45, 2.75) is 6.54 Å². The number of ether oxygens (including phenoxy) is 2. The number of aromatic nitrogens is 1. The molecule has 1 heterocycles. The molecule has 2 rings (SSSR count). The predicted molar refractivity (Wildman–Crippen MR) is 96.7 cm³/mol. The fourth-order valence-corrected chi connectivity index (χ4v) is 2.98. The van der Waals surface area contributed by atoms with Gasteiger partial charge in [-0.2, -0.15) is 0 Å². The molecule has 1 aromatic carbocycles. The molecule has 2 aromatic rings. The molecule has 8 nitrogen and oxygen atoms in total. The standard InChI is InChI=1S/C17H21N3O5S/c1-24-15-9-13(10-16(11-15)25-2)17(21)19-7-8-26(22,23)20-12-14-5-3-4-6-18-14/h3-6,9-11,20H,7-8,12H2,1-2H3,(H,19,21). The number of methoxy groups -OCH3 is 2. The van der Waals surface area contributed by atoms with E-state index in [4.69, 9.17) is 9.47 Å². The van der Waals surface area contributed by atoms with Crippen molar-refractivity contribution in [2.75, 3.05) is 26.5 Å². The fraction of sp³-hybridized carbons (Fsp3) is 0.294. The van der Waals surface area contributed by atoms with Crippen LogP contribution in [0.3, 0.4) is 0 Å². The molecule has 9 heteroatoms. The quantitative estimate of drug-likeness (QED) is 0.672. The van der Waals surface area contributed by atoms with Gasteiger partial charge in [0.2, 0.25) is 10.0 Å². The number of nitrogens with zero attached hydrogens (tertiary/aromatic N) is 1. The van der Waals surface area contributed by atoms with E-state index < -0.39 is 15.9 Å². The molecule has 2 N–H and O–H groups in total. The summed E-state index contributed by atoms with van der Waals surface area (Å²) in [6.45, 7) is 0.0696. The molecule has 1 aromatic heterocycles. The van der Waals surface area contributed by atoms with Crippen molar-refractivity contribution in [2.24, 2.45) is 0 Å². The first kappa shape index (κ1) is 19.7. The molecule has 0 unspecified atom stereocenters. The first-order valence-electron chi connectivity index (χ1n) is 7.82. The van der Waals surface area contributed by atoms with Crippen LogP contribution in [-0.2, 0) is 16.6 Å². The van der Waals surface area contributed by atoms with E-state index in [-0.39, 0.29) is 18.8 Å². The minimum atomic E-state index is -3.54. The summed E-state index contributed by atoms with van der Waals surface area (Å²) in [6, 6.07) is 9.99. The van der Waals surface area contributed by atoms with Crippen molar-refractivity contribution >= 4 is 15.9 Å². The Hall–Kier alpha value is -2.65. The lowest BCUT2D eigenvalue weighted by atomic mass is 10.2. The van der Waals surface area contributed by atoms with Gasteiger partial charge in [0.15, 0.2) is 0 Å². The highest BCUT2D eigenvalue weighted by atomic mass is 32.2. The highest BCUT2D eigenvalue weighted by molar-refractivity contribution is 7.89. The van der Waals surface area contributed by atoms with E-state index in [1.807, 2.05) is 0 Å². The van der Waals surface area contributed by atoms with E-state index in [0.29, 0.717) is 22.8 Å². The van der Waals surface area contributed by atoms with Gasteiger partial charge < -0.3 is 14.8 Å². The molecule has 0 saturated heterocycles. The second-order valence-electron chi connectivity index (χ2n) is 5.32. The Morgan fingerprint density at radius 2 is 1.81 bits per heavy atom. The van der Waals surface area contributed by atoms with Gasteiger partial charge in [0, 0.05) is 24.4 Å². The normalized spacial score (nSPS) is 11.0. The summed E-state index contributed by atoms with van der Waals surface area (Å²) in [5.41, 5.74) is 0.934. The molecule has 0 aliphatic rings. The molecule has 0 aliphatic carbocycles. The van der Waals surface area contributed by atoms with Crippen LogP contribution < -0.4 is 19.5 Å². The number of carbonyl (C=O) groups is 1. The van der Waals surface area contributed by atoms with Crippen molar-refractivity contribution < 1.29 is 22.7 Å². The lowest BCUT2D eigenvalue weighted by Gasteiger charge is -2.10. The molecular weight excluding hydrogens is 358 g/mol. The summed E-state index contributed by atoms with van der Waals surface area (Å²) in [5, 5.41) is 2.57. The average molecular weight is 379 g/mol. The van der Waals surface area contributed by atoms with E-state index in [0.717, 1.165) is 0 Å². The highest BCUT2D eigenvalue weighted by Crippen LogP contribution is 2.22. The lowest BCUT2D eigenvalue weighted by molar-refractivity contribution is 0.0955. The van der Waals surface area contributed by atoms with Crippen LogP contribution in [0.1, 0.15) is 16.1 Å². The minimum absolute atomic E-state index is 0.0318. The zero-order valence-corrected chi connectivity index (χ0v) is 15.4. The van der Waals surface area contributed by atoms with Crippen LogP contribution in [-0.4, -0.2) is 45.8 Å². The fourth-order valence-electron chi connectivity index (χ4n) is 2.10. The first-order valence-corrected chi connectivity index (χ1v) is 9.47. The number of nitrogens with one attached hydrogen (secondary N) is 2. The Morgan fingerprint density at radius 3 is 2.38 bits per heavy atom. The van der Waals surface area contributed by atoms with Crippen LogP contribution in [0.15, 0.2) is 42.6 Å². The van der Waals surface area contributed by atoms with Gasteiger partial charge >= 0.3 is 0 Å². The zero-order chi connectivity index (χ0) is 19.0. The third-order valence-electron chi connectivity index (χ3n) is 3.47. The van der Waals surface area contributed by atoms with Gasteiger partial charge in [-0.15, -0.1) is 0 Å². The molecule has 0 fully saturated rings. The molecule has 0 saturated carbocycles. The molecule has 0 aliphatic heterocycles. The number of rotatable bonds is 9. The highest BCUT2D eigenvalue weighted by Gasteiger charge is 2.13. The van der Waals surface area contributed by atoms with Gasteiger partial charge in [-0.3, -0.25) is 9.78 Å². The van der Waals surface area contributed by atoms with E-state index in [9.17, 15) is 13.2 Å². The smallest absolute Gasteiger partial charge is 0.251 e. The van der Waals surface area contributed by atoms with Crippen molar-refractivity contribution in [1.82, 2.24) is 15.0 Å². The molecule has 0 bridgehead atoms. The average Bonchev–Trinajstić information content (AvgIpc) is 2.66. The third kappa shape index (κ3) is 6.01. The van der Waals surface area contributed by atoms with Gasteiger partial charge in [0.05, 0.1) is 32.2 Å². The lowest BCUT2D eigenvalue weighted by Crippen LogP contribution is -2.34. The van der Waals surface area contributed by atoms with E-state index in [1.54, 1.807) is 42.6 Å². The number of hydrogen-bond acceptors (Lipinski definition) is 6. The van der Waals surface area contributed by atoms with E-state index >= 15 is 0 Å². The molecule has 0 spiro atoms. The van der Waals surface area contributed by atoms with Gasteiger partial charge in [0.1, 0.15) is 11.5 Å². The number of amides is 1. The summed E-state index contributed by atoms with van der Waals surface area (Å²) in [4.78, 5) is 16.2. The monoisotopic (exact) mass is 379 g/mol. The first-order chi connectivity index (χ1) is 12.4. The number of carbonyl (C=O) groups excluding carboxylic acids is 1. The molecule has 26 heavy (non-hydrogen) atoms. The molecular formula is C17H21N3O5S. The van der Waals surface area contributed by atoms with Crippen LogP contribution in [0, 0.1) is 0 Å². The zero-order valence-electron chi connectivity index (χ0n) is 14.6. The predicted octanol–water partition coefficient (Wildman–Crippen LogP) is 0.948. The SMILES string of the molecule is COc1cc(OC)cc(C(=O)NCCS(=O)(=O)NCc2ccccn2)c1. The molecule has 0 atom stereocenters. The van der Waals surface area contributed by atoms with Gasteiger partial charge in [-0.05, 0) is 24.3 Å². The summed E-state index contributed by atoms with van der Waals surface area (Å²) < 4.78 is 36.6. The van der Waals surface area contributed by atoms with Gasteiger partial charge in [-0.1, -0.05) is 6.07 Å². The molecule has 0 radical (unpaired) electrons. The molecule has 140 valence electrons. The molecule has 1 amide bonds. The summed E-state index contributed by atoms with van der Waals surface area (Å²) in [5.74, 6) is 0.285. The number of benzene rings is 1. The Labute approximate surface area is 152 Å². The van der Waals surface area contributed by atoms with E-state index in [2.05, 4.69) is 15.0 Å². The van der Waals surface area contributed by atoms with Crippen molar-refractivity contribution in [1.29, 1.82) is 0 Å². The summed E-state index contributed by atoms with van der Waals surface area (Å²) in [6.07, 6.45) is 1.59. The topological polar surface area (TPSA) is 107 Å². The third-order valence-corrected chi connectivity index (χ3v) is 4.80. The van der Waals surface area contributed by atoms with Crippen LogP contribution in [0.5, 0.6) is 11.5 Å². The second kappa shape index (κ2) is 9.16. The summed E-state index contributed by atoms with van der Waals surface area (Å²) in [7, 11) is -0.573. The van der Waals surface area contributed by atoms with Crippen LogP contribution in [0.4, 0.5) is 0 Å². The maximum absolute atomic E-state index is 12.2. The Morgan fingerprint density at radius 1 is 1.12 bits per heavy atom. The van der Waals surface area contributed by atoms with Crippen molar-refractivity contribution in [3.8, 4) is 11.5 Å². The van der Waals surface area contributed by atoms with Gasteiger partial charge in [0.25, 0.3) is 5.91 Å². The van der Waals surface area contributed by atoms with E-state index in [1.165, 1.54) is 14.2 Å². The number of hydrogen-bond donors (Lipinski definition) is 2. The largest absolute Gasteiger partial charge is 0.497 e. The van der Waals surface area contributed by atoms with Crippen molar-refractivity contribution in [3.63, 3.8) is 0 Å². The van der Waals surface area contributed by atoms with Crippen LogP contribution in [0.2, 0.25) is 0 Å². The number of sulfonamides is 1. The Bertz CT molecular complexity index is 818. The van der Waals surface area contributed by atoms with Crippen LogP contribution >= 0.6 is 0 Å². The maximum atomic E-state index is 12.2. The maximum Gasteiger partial charge on any atom is 0.251 e. The second-order valence-corrected chi connectivity index (χ2v) is 7.24. The Kier molecular flexibility index (Phi) is 6.93. The van der Waals surface area contributed by atoms with Gasteiger partial charge in [-0.25, -0.2) is 13.1 Å². The summed E-state index contributed by atoms with van der Waals surface area (Å²) >= 11 is 0. The minimum Gasteiger partial charge on any atom is -0.497 e. The number of pyridine rings is 1.